The van der Waals surface area contributed by atoms with Gasteiger partial charge in [0.1, 0.15) is 18.6 Å². The lowest BCUT2D eigenvalue weighted by molar-refractivity contribution is 0.0937. The number of carbonyl (C=O) groups excluding carboxylic acids is 1. The van der Waals surface area contributed by atoms with Crippen molar-refractivity contribution in [1.82, 2.24) is 10.2 Å². The fraction of sp³-hybridized carbons (Fsp3) is 0.500. The molecule has 0 aromatic heterocycles. The highest BCUT2D eigenvalue weighted by atomic mass is 35.5. The number of ether oxygens (including phenoxy) is 2. The summed E-state index contributed by atoms with van der Waals surface area (Å²) in [6.45, 7) is 3.45. The third kappa shape index (κ3) is 3.35. The summed E-state index contributed by atoms with van der Waals surface area (Å²) in [5.41, 5.74) is 0.866. The molecule has 2 rings (SSSR count). The Balaban J connectivity index is 2.05. The van der Waals surface area contributed by atoms with Crippen molar-refractivity contribution in [2.75, 3.05) is 26.9 Å². The first-order valence-corrected chi connectivity index (χ1v) is 7.01. The van der Waals surface area contributed by atoms with Crippen molar-refractivity contribution in [2.24, 2.45) is 0 Å². The summed E-state index contributed by atoms with van der Waals surface area (Å²) in [7, 11) is 1.60. The number of benzene rings is 1. The second-order valence-electron chi connectivity index (χ2n) is 4.63. The molecule has 0 radical (unpaired) electrons. The SMILES string of the molecule is CCCNC(=O)N1COC(c2cc(Cl)ccc2OC)C1. The number of nitrogens with one attached hydrogen (secondary N) is 1. The number of rotatable bonds is 4. The lowest BCUT2D eigenvalue weighted by Gasteiger charge is -2.16. The summed E-state index contributed by atoms with van der Waals surface area (Å²) in [5, 5.41) is 3.46. The van der Waals surface area contributed by atoms with E-state index >= 15 is 0 Å². The summed E-state index contributed by atoms with van der Waals surface area (Å²) in [4.78, 5) is 13.5. The number of urea groups is 1. The standard InChI is InChI=1S/C14H19ClN2O3/c1-3-6-16-14(18)17-8-13(20-9-17)11-7-10(15)4-5-12(11)19-2/h4-5,7,13H,3,6,8-9H2,1-2H3,(H,16,18). The molecule has 20 heavy (non-hydrogen) atoms. The van der Waals surface area contributed by atoms with Crippen LogP contribution >= 0.6 is 11.6 Å². The van der Waals surface area contributed by atoms with Gasteiger partial charge in [-0.1, -0.05) is 18.5 Å². The lowest BCUT2D eigenvalue weighted by Crippen LogP contribution is -2.38. The topological polar surface area (TPSA) is 50.8 Å². The molecule has 0 bridgehead atoms. The molecule has 1 atom stereocenters. The third-order valence-electron chi connectivity index (χ3n) is 3.17. The molecule has 5 nitrogen and oxygen atoms in total. The lowest BCUT2D eigenvalue weighted by atomic mass is 10.1. The molecular weight excluding hydrogens is 280 g/mol. The normalized spacial score (nSPS) is 18.1. The number of hydrogen-bond donors (Lipinski definition) is 1. The van der Waals surface area contributed by atoms with Gasteiger partial charge in [0, 0.05) is 17.1 Å². The van der Waals surface area contributed by atoms with Crippen LogP contribution in [0.2, 0.25) is 5.02 Å². The van der Waals surface area contributed by atoms with E-state index in [9.17, 15) is 4.79 Å². The van der Waals surface area contributed by atoms with Crippen LogP contribution < -0.4 is 10.1 Å². The Labute approximate surface area is 123 Å². The molecule has 1 N–H and O–H groups in total. The van der Waals surface area contributed by atoms with E-state index in [4.69, 9.17) is 21.1 Å². The molecule has 1 aliphatic rings. The van der Waals surface area contributed by atoms with Crippen LogP contribution in [0.15, 0.2) is 18.2 Å². The number of carbonyl (C=O) groups is 1. The average Bonchev–Trinajstić information content (AvgIpc) is 2.94. The number of hydrogen-bond acceptors (Lipinski definition) is 3. The largest absolute Gasteiger partial charge is 0.496 e. The van der Waals surface area contributed by atoms with Gasteiger partial charge in [0.2, 0.25) is 0 Å². The zero-order chi connectivity index (χ0) is 14.5. The maximum Gasteiger partial charge on any atom is 0.319 e. The van der Waals surface area contributed by atoms with Crippen LogP contribution in [-0.4, -0.2) is 37.9 Å². The van der Waals surface area contributed by atoms with Gasteiger partial charge in [-0.3, -0.25) is 4.90 Å². The minimum absolute atomic E-state index is 0.102. The van der Waals surface area contributed by atoms with Crippen LogP contribution in [0.3, 0.4) is 0 Å². The van der Waals surface area contributed by atoms with E-state index < -0.39 is 0 Å². The van der Waals surface area contributed by atoms with Gasteiger partial charge in [-0.15, -0.1) is 0 Å². The van der Waals surface area contributed by atoms with Gasteiger partial charge in [-0.25, -0.2) is 4.79 Å². The Hall–Kier alpha value is -1.46. The predicted molar refractivity (Wildman–Crippen MR) is 77.1 cm³/mol. The number of amides is 2. The molecule has 0 spiro atoms. The molecule has 1 aliphatic heterocycles. The molecule has 1 heterocycles. The first-order chi connectivity index (χ1) is 9.65. The molecule has 1 fully saturated rings. The first kappa shape index (κ1) is 14.9. The fourth-order valence-electron chi connectivity index (χ4n) is 2.12. The van der Waals surface area contributed by atoms with Gasteiger partial charge in [-0.2, -0.15) is 0 Å². The third-order valence-corrected chi connectivity index (χ3v) is 3.40. The molecule has 1 saturated heterocycles. The highest BCUT2D eigenvalue weighted by molar-refractivity contribution is 6.30. The molecule has 1 unspecified atom stereocenters. The van der Waals surface area contributed by atoms with Crippen molar-refractivity contribution in [3.63, 3.8) is 0 Å². The van der Waals surface area contributed by atoms with Crippen LogP contribution in [0.25, 0.3) is 0 Å². The van der Waals surface area contributed by atoms with E-state index in [0.29, 0.717) is 18.1 Å². The maximum atomic E-state index is 11.9. The van der Waals surface area contributed by atoms with Gasteiger partial charge in [0.05, 0.1) is 13.7 Å². The molecule has 110 valence electrons. The van der Waals surface area contributed by atoms with Gasteiger partial charge >= 0.3 is 6.03 Å². The zero-order valence-electron chi connectivity index (χ0n) is 11.7. The van der Waals surface area contributed by atoms with Crippen molar-refractivity contribution in [3.8, 4) is 5.75 Å². The Morgan fingerprint density at radius 2 is 2.40 bits per heavy atom. The first-order valence-electron chi connectivity index (χ1n) is 6.63. The van der Waals surface area contributed by atoms with Crippen LogP contribution in [0, 0.1) is 0 Å². The van der Waals surface area contributed by atoms with Gasteiger partial charge < -0.3 is 14.8 Å². The summed E-state index contributed by atoms with van der Waals surface area (Å²) < 4.78 is 11.0. The van der Waals surface area contributed by atoms with Gasteiger partial charge in [-0.05, 0) is 24.6 Å². The summed E-state index contributed by atoms with van der Waals surface area (Å²) in [5.74, 6) is 0.718. The fourth-order valence-corrected chi connectivity index (χ4v) is 2.30. The van der Waals surface area contributed by atoms with Crippen molar-refractivity contribution in [3.05, 3.63) is 28.8 Å². The summed E-state index contributed by atoms with van der Waals surface area (Å²) in [6.07, 6.45) is 0.697. The second kappa shape index (κ2) is 6.81. The monoisotopic (exact) mass is 298 g/mol. The Morgan fingerprint density at radius 1 is 1.60 bits per heavy atom. The van der Waals surface area contributed by atoms with Crippen LogP contribution in [0.5, 0.6) is 5.75 Å². The van der Waals surface area contributed by atoms with E-state index in [1.165, 1.54) is 0 Å². The van der Waals surface area contributed by atoms with Gasteiger partial charge in [0.25, 0.3) is 0 Å². The molecule has 1 aromatic rings. The van der Waals surface area contributed by atoms with Crippen molar-refractivity contribution >= 4 is 17.6 Å². The second-order valence-corrected chi connectivity index (χ2v) is 5.06. The Morgan fingerprint density at radius 3 is 3.10 bits per heavy atom. The molecule has 6 heteroatoms. The number of halogens is 1. The maximum absolute atomic E-state index is 11.9. The minimum Gasteiger partial charge on any atom is -0.496 e. The summed E-state index contributed by atoms with van der Waals surface area (Å²) >= 11 is 6.02. The van der Waals surface area contributed by atoms with E-state index in [-0.39, 0.29) is 18.9 Å². The highest BCUT2D eigenvalue weighted by Crippen LogP contribution is 2.33. The Bertz CT molecular complexity index is 481. The zero-order valence-corrected chi connectivity index (χ0v) is 12.4. The average molecular weight is 299 g/mol. The Kier molecular flexibility index (Phi) is 5.09. The van der Waals surface area contributed by atoms with E-state index in [1.807, 2.05) is 13.0 Å². The smallest absolute Gasteiger partial charge is 0.319 e. The summed E-state index contributed by atoms with van der Waals surface area (Å²) in [6, 6.07) is 5.29. The molecule has 1 aromatic carbocycles. The van der Waals surface area contributed by atoms with Crippen LogP contribution in [0.1, 0.15) is 25.0 Å². The van der Waals surface area contributed by atoms with Crippen LogP contribution in [-0.2, 0) is 4.74 Å². The molecular formula is C14H19ClN2O3. The molecule has 0 saturated carbocycles. The van der Waals surface area contributed by atoms with Crippen molar-refractivity contribution in [1.29, 1.82) is 0 Å². The van der Waals surface area contributed by atoms with Crippen molar-refractivity contribution < 1.29 is 14.3 Å². The van der Waals surface area contributed by atoms with Crippen molar-refractivity contribution in [2.45, 2.75) is 19.4 Å². The quantitative estimate of drug-likeness (QED) is 0.930. The van der Waals surface area contributed by atoms with E-state index in [1.54, 1.807) is 24.1 Å². The highest BCUT2D eigenvalue weighted by Gasteiger charge is 2.29. The predicted octanol–water partition coefficient (Wildman–Crippen LogP) is 2.80. The number of methoxy groups -OCH3 is 1. The van der Waals surface area contributed by atoms with Crippen LogP contribution in [0.4, 0.5) is 4.79 Å². The minimum atomic E-state index is -0.212. The number of nitrogens with zero attached hydrogens (tertiary/aromatic N) is 1. The van der Waals surface area contributed by atoms with E-state index in [2.05, 4.69) is 5.32 Å². The molecule has 2 amide bonds. The molecule has 0 aliphatic carbocycles. The van der Waals surface area contributed by atoms with E-state index in [0.717, 1.165) is 17.7 Å². The van der Waals surface area contributed by atoms with Gasteiger partial charge in [0.15, 0.2) is 0 Å².